The number of nitrogens with zero attached hydrogens (tertiary/aromatic N) is 3. The largest absolute Gasteiger partial charge is 0.494 e. The molecule has 3 rings (SSSR count). The molecule has 1 N–H and O–H groups in total. The van der Waals surface area contributed by atoms with Crippen LogP contribution in [-0.4, -0.2) is 33.0 Å². The summed E-state index contributed by atoms with van der Waals surface area (Å²) in [7, 11) is 0. The smallest absolute Gasteiger partial charge is 0.234 e. The maximum atomic E-state index is 13.7. The molecule has 1 aromatic heterocycles. The number of halogens is 1. The number of thioether (sulfide) groups is 1. The predicted molar refractivity (Wildman–Crippen MR) is 122 cm³/mol. The van der Waals surface area contributed by atoms with Gasteiger partial charge in [0.15, 0.2) is 11.0 Å². The van der Waals surface area contributed by atoms with Gasteiger partial charge in [-0.25, -0.2) is 4.39 Å². The summed E-state index contributed by atoms with van der Waals surface area (Å²) in [6.45, 7) is 7.11. The Morgan fingerprint density at radius 3 is 2.71 bits per heavy atom. The zero-order valence-electron chi connectivity index (χ0n) is 17.4. The summed E-state index contributed by atoms with van der Waals surface area (Å²) in [4.78, 5) is 12.2. The number of nitrogens with one attached hydrogen (secondary N) is 1. The average molecular weight is 441 g/mol. The van der Waals surface area contributed by atoms with Crippen molar-refractivity contribution >= 4 is 23.4 Å². The zero-order valence-corrected chi connectivity index (χ0v) is 18.2. The number of ether oxygens (including phenoxy) is 1. The number of hydrogen-bond donors (Lipinski definition) is 1. The van der Waals surface area contributed by atoms with Crippen molar-refractivity contribution in [2.75, 3.05) is 17.7 Å². The van der Waals surface area contributed by atoms with Gasteiger partial charge in [-0.3, -0.25) is 9.36 Å². The Morgan fingerprint density at radius 1 is 1.23 bits per heavy atom. The van der Waals surface area contributed by atoms with Gasteiger partial charge in [0.05, 0.1) is 18.0 Å². The van der Waals surface area contributed by atoms with Crippen LogP contribution in [0.5, 0.6) is 5.75 Å². The molecule has 0 aliphatic heterocycles. The number of aromatic nitrogens is 3. The fourth-order valence-electron chi connectivity index (χ4n) is 2.82. The molecule has 0 bridgehead atoms. The quantitative estimate of drug-likeness (QED) is 0.253. The first kappa shape index (κ1) is 22.6. The van der Waals surface area contributed by atoms with Gasteiger partial charge in [0, 0.05) is 12.1 Å². The van der Waals surface area contributed by atoms with Crippen LogP contribution in [-0.2, 0) is 11.3 Å². The van der Waals surface area contributed by atoms with Crippen LogP contribution in [0.15, 0.2) is 66.3 Å². The van der Waals surface area contributed by atoms with Crippen molar-refractivity contribution in [1.82, 2.24) is 14.8 Å². The number of carbonyl (C=O) groups excluding carboxylic acids is 1. The fraction of sp³-hybridized carbons (Fsp3) is 0.261. The van der Waals surface area contributed by atoms with E-state index in [0.717, 1.165) is 24.2 Å². The van der Waals surface area contributed by atoms with E-state index in [0.29, 0.717) is 24.1 Å². The Hall–Kier alpha value is -3.13. The number of carbonyl (C=O) groups is 1. The summed E-state index contributed by atoms with van der Waals surface area (Å²) in [5.74, 6) is 0.773. The normalized spacial score (nSPS) is 10.6. The van der Waals surface area contributed by atoms with Crippen LogP contribution in [0.1, 0.15) is 19.8 Å². The number of unbranched alkanes of at least 4 members (excludes halogenated alkanes) is 1. The first-order chi connectivity index (χ1) is 15.1. The summed E-state index contributed by atoms with van der Waals surface area (Å²) < 4.78 is 21.3. The summed E-state index contributed by atoms with van der Waals surface area (Å²) in [5.41, 5.74) is 1.04. The lowest BCUT2D eigenvalue weighted by Gasteiger charge is -2.09. The van der Waals surface area contributed by atoms with Crippen molar-refractivity contribution in [3.8, 4) is 17.1 Å². The van der Waals surface area contributed by atoms with E-state index in [9.17, 15) is 9.18 Å². The number of anilines is 1. The first-order valence-electron chi connectivity index (χ1n) is 10.1. The van der Waals surface area contributed by atoms with Gasteiger partial charge < -0.3 is 10.1 Å². The van der Waals surface area contributed by atoms with E-state index >= 15 is 0 Å². The third kappa shape index (κ3) is 6.18. The maximum absolute atomic E-state index is 13.7. The Labute approximate surface area is 185 Å². The molecular formula is C23H25FN4O2S. The molecule has 0 saturated carbocycles. The van der Waals surface area contributed by atoms with Crippen molar-refractivity contribution in [3.05, 3.63) is 67.0 Å². The van der Waals surface area contributed by atoms with E-state index in [-0.39, 0.29) is 17.3 Å². The second-order valence-corrected chi connectivity index (χ2v) is 7.69. The molecule has 0 saturated heterocycles. The van der Waals surface area contributed by atoms with Crippen molar-refractivity contribution in [1.29, 1.82) is 0 Å². The maximum Gasteiger partial charge on any atom is 0.234 e. The van der Waals surface area contributed by atoms with E-state index in [4.69, 9.17) is 4.74 Å². The second-order valence-electron chi connectivity index (χ2n) is 6.75. The van der Waals surface area contributed by atoms with Crippen LogP contribution in [0.25, 0.3) is 11.4 Å². The highest BCUT2D eigenvalue weighted by molar-refractivity contribution is 7.99. The Bertz CT molecular complexity index is 1020. The summed E-state index contributed by atoms with van der Waals surface area (Å²) in [6.07, 6.45) is 3.85. The number of rotatable bonds is 11. The third-order valence-corrected chi connectivity index (χ3v) is 5.35. The van der Waals surface area contributed by atoms with Gasteiger partial charge in [-0.15, -0.1) is 16.8 Å². The Kier molecular flexibility index (Phi) is 8.23. The molecule has 0 spiro atoms. The van der Waals surface area contributed by atoms with Crippen LogP contribution in [0, 0.1) is 5.82 Å². The molecule has 0 aliphatic rings. The van der Waals surface area contributed by atoms with Crippen LogP contribution in [0.2, 0.25) is 0 Å². The molecule has 162 valence electrons. The van der Waals surface area contributed by atoms with Crippen LogP contribution < -0.4 is 10.1 Å². The summed E-state index contributed by atoms with van der Waals surface area (Å²) in [6, 6.07) is 13.7. The molecule has 0 atom stereocenters. The summed E-state index contributed by atoms with van der Waals surface area (Å²) in [5, 5.41) is 11.7. The molecule has 0 radical (unpaired) electrons. The van der Waals surface area contributed by atoms with Crippen LogP contribution >= 0.6 is 11.8 Å². The molecule has 2 aromatic carbocycles. The highest BCUT2D eigenvalue weighted by atomic mass is 32.2. The predicted octanol–water partition coefficient (Wildman–Crippen LogP) is 5.18. The monoisotopic (exact) mass is 440 g/mol. The lowest BCUT2D eigenvalue weighted by Crippen LogP contribution is -2.15. The highest BCUT2D eigenvalue weighted by Gasteiger charge is 2.15. The van der Waals surface area contributed by atoms with E-state index in [1.807, 2.05) is 28.8 Å². The molecule has 0 fully saturated rings. The van der Waals surface area contributed by atoms with Crippen LogP contribution in [0.4, 0.5) is 10.1 Å². The second kappa shape index (κ2) is 11.3. The molecule has 8 heteroatoms. The Morgan fingerprint density at radius 2 is 2.00 bits per heavy atom. The number of benzene rings is 2. The number of para-hydroxylation sites is 1. The lowest BCUT2D eigenvalue weighted by atomic mass is 10.2. The average Bonchev–Trinajstić information content (AvgIpc) is 3.17. The van der Waals surface area contributed by atoms with E-state index in [1.165, 1.54) is 23.9 Å². The van der Waals surface area contributed by atoms with Gasteiger partial charge in [0.1, 0.15) is 11.6 Å². The lowest BCUT2D eigenvalue weighted by molar-refractivity contribution is -0.113. The van der Waals surface area contributed by atoms with Gasteiger partial charge in [-0.1, -0.05) is 43.3 Å². The van der Waals surface area contributed by atoms with Gasteiger partial charge in [0.2, 0.25) is 5.91 Å². The SMILES string of the molecule is C=CCn1c(SCC(=O)Nc2ccccc2F)nnc1-c1ccc(OCCCC)cc1. The molecule has 0 aliphatic carbocycles. The zero-order chi connectivity index (χ0) is 22.1. The number of amides is 1. The van der Waals surface area contributed by atoms with Gasteiger partial charge in [-0.05, 0) is 42.8 Å². The van der Waals surface area contributed by atoms with Gasteiger partial charge >= 0.3 is 0 Å². The van der Waals surface area contributed by atoms with E-state index in [1.54, 1.807) is 18.2 Å². The van der Waals surface area contributed by atoms with E-state index < -0.39 is 5.82 Å². The molecule has 31 heavy (non-hydrogen) atoms. The number of allylic oxidation sites excluding steroid dienone is 1. The van der Waals surface area contributed by atoms with Crippen molar-refractivity contribution in [2.24, 2.45) is 0 Å². The standard InChI is InChI=1S/C23H25FN4O2S/c1-3-5-15-30-18-12-10-17(11-13-18)22-26-27-23(28(22)14-4-2)31-16-21(29)25-20-9-7-6-8-19(20)24/h4,6-13H,2-3,5,14-16H2,1H3,(H,25,29). The molecule has 3 aromatic rings. The van der Waals surface area contributed by atoms with E-state index in [2.05, 4.69) is 29.0 Å². The molecular weight excluding hydrogens is 415 g/mol. The minimum Gasteiger partial charge on any atom is -0.494 e. The molecule has 6 nitrogen and oxygen atoms in total. The van der Waals surface area contributed by atoms with Crippen molar-refractivity contribution in [2.45, 2.75) is 31.5 Å². The molecule has 0 unspecified atom stereocenters. The number of hydrogen-bond acceptors (Lipinski definition) is 5. The fourth-order valence-corrected chi connectivity index (χ4v) is 3.56. The molecule has 1 heterocycles. The topological polar surface area (TPSA) is 69.0 Å². The Balaban J connectivity index is 1.68. The summed E-state index contributed by atoms with van der Waals surface area (Å²) >= 11 is 1.23. The van der Waals surface area contributed by atoms with Crippen LogP contribution in [0.3, 0.4) is 0 Å². The van der Waals surface area contributed by atoms with Gasteiger partial charge in [0.25, 0.3) is 0 Å². The first-order valence-corrected chi connectivity index (χ1v) is 11.1. The van der Waals surface area contributed by atoms with Crippen molar-refractivity contribution < 1.29 is 13.9 Å². The van der Waals surface area contributed by atoms with Gasteiger partial charge in [-0.2, -0.15) is 0 Å². The minimum atomic E-state index is -0.472. The minimum absolute atomic E-state index is 0.0772. The highest BCUT2D eigenvalue weighted by Crippen LogP contribution is 2.26. The third-order valence-electron chi connectivity index (χ3n) is 4.39. The van der Waals surface area contributed by atoms with Crippen molar-refractivity contribution in [3.63, 3.8) is 0 Å². The molecule has 1 amide bonds.